The van der Waals surface area contributed by atoms with Gasteiger partial charge in [-0.15, -0.1) is 0 Å². The van der Waals surface area contributed by atoms with E-state index in [1.807, 2.05) is 34.6 Å². The summed E-state index contributed by atoms with van der Waals surface area (Å²) in [6, 6.07) is 0. The largest absolute Gasteiger partial charge is 0.455 e. The van der Waals surface area contributed by atoms with Gasteiger partial charge in [0.25, 0.3) is 0 Å². The molecule has 6 atom stereocenters. The Morgan fingerprint density at radius 2 is 1.76 bits per heavy atom. The Morgan fingerprint density at radius 1 is 1.17 bits per heavy atom. The number of ether oxygens (including phenoxy) is 3. The van der Waals surface area contributed by atoms with Crippen molar-refractivity contribution in [2.24, 2.45) is 28.6 Å². The number of carbonyl (C=O) groups is 3. The minimum atomic E-state index is -1.02. The quantitative estimate of drug-likeness (QED) is 0.497. The maximum Gasteiger partial charge on any atom is 0.347 e. The highest BCUT2D eigenvalue weighted by atomic mass is 16.6. The Labute approximate surface area is 175 Å². The minimum Gasteiger partial charge on any atom is -0.455 e. The maximum absolute atomic E-state index is 12.9. The summed E-state index contributed by atoms with van der Waals surface area (Å²) in [5, 5.41) is 0. The second-order valence-electron chi connectivity index (χ2n) is 11.5. The third-order valence-electron chi connectivity index (χ3n) is 6.11. The average Bonchev–Trinajstić information content (AvgIpc) is 2.77. The molecule has 2 rings (SSSR count). The number of rotatable bonds is 5. The van der Waals surface area contributed by atoms with E-state index in [9.17, 15) is 14.4 Å². The highest BCUT2D eigenvalue weighted by Gasteiger charge is 2.57. The molecule has 2 fully saturated rings. The van der Waals surface area contributed by atoms with Gasteiger partial charge < -0.3 is 14.2 Å². The van der Waals surface area contributed by atoms with Crippen molar-refractivity contribution in [2.45, 2.75) is 99.4 Å². The number of esters is 3. The van der Waals surface area contributed by atoms with Gasteiger partial charge in [-0.2, -0.15) is 0 Å². The first kappa shape index (κ1) is 23.7. The van der Waals surface area contributed by atoms with Crippen molar-refractivity contribution in [1.82, 2.24) is 0 Å². The van der Waals surface area contributed by atoms with Gasteiger partial charge in [0.05, 0.1) is 11.8 Å². The highest BCUT2D eigenvalue weighted by molar-refractivity contribution is 5.81. The summed E-state index contributed by atoms with van der Waals surface area (Å²) < 4.78 is 16.8. The molecule has 0 aromatic carbocycles. The molecule has 0 amide bonds. The molecular weight excluding hydrogens is 372 g/mol. The molecule has 1 aliphatic heterocycles. The van der Waals surface area contributed by atoms with Crippen LogP contribution in [0.4, 0.5) is 0 Å². The Kier molecular flexibility index (Phi) is 6.47. The van der Waals surface area contributed by atoms with Crippen LogP contribution in [0, 0.1) is 28.6 Å². The van der Waals surface area contributed by atoms with Crippen molar-refractivity contribution < 1.29 is 28.6 Å². The number of hydrogen-bond acceptors (Lipinski definition) is 6. The first-order valence-electron chi connectivity index (χ1n) is 10.7. The summed E-state index contributed by atoms with van der Waals surface area (Å²) in [4.78, 5) is 37.5. The molecule has 0 N–H and O–H groups in total. The smallest absolute Gasteiger partial charge is 0.347 e. The lowest BCUT2D eigenvalue weighted by Gasteiger charge is -2.39. The van der Waals surface area contributed by atoms with Gasteiger partial charge in [-0.1, -0.05) is 48.5 Å². The van der Waals surface area contributed by atoms with Crippen molar-refractivity contribution >= 4 is 17.9 Å². The van der Waals surface area contributed by atoms with E-state index >= 15 is 0 Å². The standard InChI is InChI=1S/C23H38O6/c1-13-10-15-11-23(9,29-19(15)25)17(13)28-18(24)14(2)27-20(26)16(22(6,7)8)12-21(3,4)5/h13-17H,10-12H2,1-9H3/t13?,14?,15?,16-,17?,23?/m1/s1. The van der Waals surface area contributed by atoms with Crippen molar-refractivity contribution in [2.75, 3.05) is 0 Å². The van der Waals surface area contributed by atoms with E-state index in [1.54, 1.807) is 0 Å². The fraction of sp³-hybridized carbons (Fsp3) is 0.870. The van der Waals surface area contributed by atoms with Gasteiger partial charge in [0, 0.05) is 6.42 Å². The zero-order valence-corrected chi connectivity index (χ0v) is 19.5. The van der Waals surface area contributed by atoms with E-state index in [4.69, 9.17) is 14.2 Å². The van der Waals surface area contributed by atoms with Crippen LogP contribution >= 0.6 is 0 Å². The lowest BCUT2D eigenvalue weighted by atomic mass is 9.72. The van der Waals surface area contributed by atoms with Gasteiger partial charge in [-0.3, -0.25) is 9.59 Å². The molecule has 1 aliphatic carbocycles. The van der Waals surface area contributed by atoms with Crippen molar-refractivity contribution in [1.29, 1.82) is 0 Å². The van der Waals surface area contributed by atoms with Gasteiger partial charge in [0.1, 0.15) is 11.7 Å². The topological polar surface area (TPSA) is 78.9 Å². The number of carbonyl (C=O) groups excluding carboxylic acids is 3. The lowest BCUT2D eigenvalue weighted by Crippen LogP contribution is -2.49. The average molecular weight is 411 g/mol. The Bertz CT molecular complexity index is 655. The molecule has 6 heteroatoms. The normalized spacial score (nSPS) is 31.6. The van der Waals surface area contributed by atoms with Gasteiger partial charge in [0.2, 0.25) is 0 Å². The molecule has 2 aliphatic rings. The Hall–Kier alpha value is -1.59. The van der Waals surface area contributed by atoms with Gasteiger partial charge in [-0.25, -0.2) is 4.79 Å². The first-order valence-corrected chi connectivity index (χ1v) is 10.7. The van der Waals surface area contributed by atoms with Crippen LogP contribution in [0.25, 0.3) is 0 Å². The van der Waals surface area contributed by atoms with E-state index in [2.05, 4.69) is 20.8 Å². The summed E-state index contributed by atoms with van der Waals surface area (Å²) in [5.41, 5.74) is -1.14. The monoisotopic (exact) mass is 410 g/mol. The van der Waals surface area contributed by atoms with Gasteiger partial charge >= 0.3 is 17.9 Å². The molecule has 0 spiro atoms. The summed E-state index contributed by atoms with van der Waals surface area (Å²) in [6.07, 6.45) is 0.300. The molecule has 166 valence electrons. The van der Waals surface area contributed by atoms with E-state index < -0.39 is 23.8 Å². The number of fused-ring (bicyclic) bond motifs is 2. The zero-order chi connectivity index (χ0) is 22.4. The molecule has 6 nitrogen and oxygen atoms in total. The van der Waals surface area contributed by atoms with Crippen LogP contribution in [0.15, 0.2) is 0 Å². The summed E-state index contributed by atoms with van der Waals surface area (Å²) in [7, 11) is 0. The molecule has 1 saturated carbocycles. The molecule has 0 aromatic heterocycles. The summed E-state index contributed by atoms with van der Waals surface area (Å²) in [5.74, 6) is -1.65. The predicted octanol–water partition coefficient (Wildman–Crippen LogP) is 4.29. The molecule has 29 heavy (non-hydrogen) atoms. The van der Waals surface area contributed by atoms with E-state index in [0.29, 0.717) is 19.3 Å². The van der Waals surface area contributed by atoms with Crippen molar-refractivity contribution in [3.8, 4) is 0 Å². The second kappa shape index (κ2) is 7.92. The van der Waals surface area contributed by atoms with E-state index in [1.165, 1.54) is 6.92 Å². The molecule has 1 heterocycles. The first-order chi connectivity index (χ1) is 13.0. The van der Waals surface area contributed by atoms with Crippen LogP contribution in [-0.2, 0) is 28.6 Å². The third kappa shape index (κ3) is 5.52. The van der Waals surface area contributed by atoms with Crippen molar-refractivity contribution in [3.05, 3.63) is 0 Å². The molecule has 2 bridgehead atoms. The zero-order valence-electron chi connectivity index (χ0n) is 19.5. The van der Waals surface area contributed by atoms with Crippen LogP contribution < -0.4 is 0 Å². The molecule has 5 unspecified atom stereocenters. The van der Waals surface area contributed by atoms with E-state index in [0.717, 1.165) is 0 Å². The van der Waals surface area contributed by atoms with E-state index in [-0.39, 0.29) is 40.5 Å². The minimum absolute atomic E-state index is 0.000246. The van der Waals surface area contributed by atoms with Crippen molar-refractivity contribution in [3.63, 3.8) is 0 Å². The second-order valence-corrected chi connectivity index (χ2v) is 11.5. The Morgan fingerprint density at radius 3 is 2.28 bits per heavy atom. The Balaban J connectivity index is 2.04. The van der Waals surface area contributed by atoms with Crippen LogP contribution in [0.1, 0.15) is 81.6 Å². The van der Waals surface area contributed by atoms with Gasteiger partial charge in [-0.05, 0) is 43.4 Å². The van der Waals surface area contributed by atoms with Gasteiger partial charge in [0.15, 0.2) is 6.10 Å². The third-order valence-corrected chi connectivity index (χ3v) is 6.11. The maximum atomic E-state index is 12.9. The predicted molar refractivity (Wildman–Crippen MR) is 109 cm³/mol. The fourth-order valence-electron chi connectivity index (χ4n) is 4.58. The lowest BCUT2D eigenvalue weighted by molar-refractivity contribution is -0.190. The molecule has 0 aromatic rings. The highest BCUT2D eigenvalue weighted by Crippen LogP contribution is 2.46. The summed E-state index contributed by atoms with van der Waals surface area (Å²) >= 11 is 0. The molecule has 1 saturated heterocycles. The molecular formula is C23H38O6. The summed E-state index contributed by atoms with van der Waals surface area (Å²) in [6.45, 7) is 17.6. The SMILES string of the molecule is CC(OC(=O)[C@@H](CC(C)(C)C)C(C)(C)C)C(=O)OC1C(C)CC2CC1(C)OC2=O. The fourth-order valence-corrected chi connectivity index (χ4v) is 4.58. The molecule has 0 radical (unpaired) electrons. The van der Waals surface area contributed by atoms with Crippen LogP contribution in [-0.4, -0.2) is 35.7 Å². The number of hydrogen-bond donors (Lipinski definition) is 0. The van der Waals surface area contributed by atoms with Crippen LogP contribution in [0.5, 0.6) is 0 Å². The van der Waals surface area contributed by atoms with Crippen LogP contribution in [0.2, 0.25) is 0 Å². The van der Waals surface area contributed by atoms with Crippen LogP contribution in [0.3, 0.4) is 0 Å².